The Morgan fingerprint density at radius 2 is 1.82 bits per heavy atom. The number of hydrogen-bond donors (Lipinski definition) is 0. The number of hydrogen-bond acceptors (Lipinski definition) is 4. The fourth-order valence-corrected chi connectivity index (χ4v) is 3.85. The molecule has 7 heteroatoms. The third-order valence-corrected chi connectivity index (χ3v) is 5.16. The molecule has 0 unspecified atom stereocenters. The topological polar surface area (TPSA) is 64.4 Å². The van der Waals surface area contributed by atoms with Crippen molar-refractivity contribution in [3.63, 3.8) is 0 Å². The Morgan fingerprint density at radius 1 is 1.24 bits per heavy atom. The van der Waals surface area contributed by atoms with Gasteiger partial charge in [0.2, 0.25) is 10.0 Å². The fraction of sp³-hybridized carbons (Fsp3) is 0.700. The first kappa shape index (κ1) is 12.5. The van der Waals surface area contributed by atoms with E-state index in [0.717, 1.165) is 0 Å². The number of aromatic nitrogens is 2. The summed E-state index contributed by atoms with van der Waals surface area (Å²) < 4.78 is 33.2. The van der Waals surface area contributed by atoms with E-state index in [4.69, 9.17) is 4.74 Å². The molecule has 0 spiro atoms. The van der Waals surface area contributed by atoms with Crippen molar-refractivity contribution in [2.45, 2.75) is 18.7 Å². The molecule has 1 saturated heterocycles. The van der Waals surface area contributed by atoms with Crippen LogP contribution in [0.2, 0.25) is 0 Å². The summed E-state index contributed by atoms with van der Waals surface area (Å²) in [5.41, 5.74) is 1.23. The quantitative estimate of drug-likeness (QED) is 0.753. The standard InChI is InChI=1S/C10H17N3O3S/c1-8-10(9(2)12(3)11-8)17(14,15)13-4-6-16-7-5-13/h4-7H2,1-3H3. The molecule has 1 aliphatic rings. The monoisotopic (exact) mass is 259 g/mol. The highest BCUT2D eigenvalue weighted by molar-refractivity contribution is 7.89. The van der Waals surface area contributed by atoms with Crippen LogP contribution in [0.5, 0.6) is 0 Å². The predicted octanol–water partition coefficient (Wildman–Crippen LogP) is 0.0578. The van der Waals surface area contributed by atoms with Crippen molar-refractivity contribution in [1.82, 2.24) is 14.1 Å². The van der Waals surface area contributed by atoms with Gasteiger partial charge in [0.1, 0.15) is 4.90 Å². The summed E-state index contributed by atoms with van der Waals surface area (Å²) in [4.78, 5) is 0.335. The molecule has 2 heterocycles. The molecule has 0 saturated carbocycles. The van der Waals surface area contributed by atoms with Gasteiger partial charge in [0.25, 0.3) is 0 Å². The van der Waals surface area contributed by atoms with Crippen LogP contribution in [-0.2, 0) is 21.8 Å². The molecular weight excluding hydrogens is 242 g/mol. The van der Waals surface area contributed by atoms with Crippen LogP contribution in [0, 0.1) is 13.8 Å². The van der Waals surface area contributed by atoms with Crippen LogP contribution in [-0.4, -0.2) is 48.8 Å². The maximum absolute atomic E-state index is 12.5. The second-order valence-electron chi connectivity index (χ2n) is 4.14. The van der Waals surface area contributed by atoms with E-state index in [1.165, 1.54) is 4.31 Å². The second-order valence-corrected chi connectivity index (χ2v) is 6.01. The molecule has 96 valence electrons. The average molecular weight is 259 g/mol. The van der Waals surface area contributed by atoms with Gasteiger partial charge in [-0.25, -0.2) is 8.42 Å². The van der Waals surface area contributed by atoms with Gasteiger partial charge < -0.3 is 4.74 Å². The van der Waals surface area contributed by atoms with E-state index in [0.29, 0.717) is 42.6 Å². The summed E-state index contributed by atoms with van der Waals surface area (Å²) >= 11 is 0. The summed E-state index contributed by atoms with van der Waals surface area (Å²) in [7, 11) is -1.68. The molecular formula is C10H17N3O3S. The fourth-order valence-electron chi connectivity index (χ4n) is 2.04. The third-order valence-electron chi connectivity index (χ3n) is 3.01. The first-order valence-corrected chi connectivity index (χ1v) is 6.96. The smallest absolute Gasteiger partial charge is 0.246 e. The lowest BCUT2D eigenvalue weighted by Crippen LogP contribution is -2.41. The van der Waals surface area contributed by atoms with E-state index < -0.39 is 10.0 Å². The molecule has 0 bridgehead atoms. The second kappa shape index (κ2) is 4.40. The zero-order valence-electron chi connectivity index (χ0n) is 10.3. The van der Waals surface area contributed by atoms with Crippen molar-refractivity contribution in [3.8, 4) is 0 Å². The molecule has 1 aromatic rings. The number of aryl methyl sites for hydroxylation is 2. The minimum absolute atomic E-state index is 0.335. The van der Waals surface area contributed by atoms with Crippen LogP contribution in [0.4, 0.5) is 0 Å². The number of nitrogens with zero attached hydrogens (tertiary/aromatic N) is 3. The number of sulfonamides is 1. The van der Waals surface area contributed by atoms with Gasteiger partial charge >= 0.3 is 0 Å². The lowest BCUT2D eigenvalue weighted by Gasteiger charge is -2.26. The number of ether oxygens (including phenoxy) is 1. The van der Waals surface area contributed by atoms with Crippen LogP contribution in [0.15, 0.2) is 4.90 Å². The van der Waals surface area contributed by atoms with Gasteiger partial charge in [0, 0.05) is 20.1 Å². The van der Waals surface area contributed by atoms with E-state index in [1.54, 1.807) is 25.6 Å². The molecule has 0 N–H and O–H groups in total. The molecule has 0 atom stereocenters. The van der Waals surface area contributed by atoms with Crippen molar-refractivity contribution in [3.05, 3.63) is 11.4 Å². The van der Waals surface area contributed by atoms with Gasteiger partial charge in [-0.15, -0.1) is 0 Å². The van der Waals surface area contributed by atoms with Crippen molar-refractivity contribution >= 4 is 10.0 Å². The molecule has 0 aromatic carbocycles. The molecule has 17 heavy (non-hydrogen) atoms. The van der Waals surface area contributed by atoms with Crippen molar-refractivity contribution in [1.29, 1.82) is 0 Å². The molecule has 2 rings (SSSR count). The Balaban J connectivity index is 2.43. The maximum atomic E-state index is 12.5. The maximum Gasteiger partial charge on any atom is 0.246 e. The first-order valence-electron chi connectivity index (χ1n) is 5.52. The number of rotatable bonds is 2. The van der Waals surface area contributed by atoms with Crippen LogP contribution in [0.25, 0.3) is 0 Å². The highest BCUT2D eigenvalue weighted by Gasteiger charge is 2.31. The van der Waals surface area contributed by atoms with Gasteiger partial charge in [-0.2, -0.15) is 9.40 Å². The van der Waals surface area contributed by atoms with Gasteiger partial charge in [0.05, 0.1) is 24.6 Å². The molecule has 1 fully saturated rings. The Labute approximate surface area is 101 Å². The molecule has 0 radical (unpaired) electrons. The van der Waals surface area contributed by atoms with Crippen LogP contribution >= 0.6 is 0 Å². The Bertz CT molecular complexity index is 515. The van der Waals surface area contributed by atoms with Crippen LogP contribution in [0.3, 0.4) is 0 Å². The third kappa shape index (κ3) is 2.10. The van der Waals surface area contributed by atoms with E-state index >= 15 is 0 Å². The molecule has 6 nitrogen and oxygen atoms in total. The van der Waals surface area contributed by atoms with Gasteiger partial charge in [0.15, 0.2) is 0 Å². The molecule has 0 aliphatic carbocycles. The summed E-state index contributed by atoms with van der Waals surface area (Å²) in [6.45, 7) is 5.23. The lowest BCUT2D eigenvalue weighted by atomic mass is 10.4. The predicted molar refractivity (Wildman–Crippen MR) is 62.3 cm³/mol. The SMILES string of the molecule is Cc1nn(C)c(C)c1S(=O)(=O)N1CCOCC1. The highest BCUT2D eigenvalue weighted by atomic mass is 32.2. The van der Waals surface area contributed by atoms with Crippen LogP contribution < -0.4 is 0 Å². The van der Waals surface area contributed by atoms with Crippen molar-refractivity contribution < 1.29 is 13.2 Å². The van der Waals surface area contributed by atoms with Gasteiger partial charge in [-0.3, -0.25) is 4.68 Å². The van der Waals surface area contributed by atoms with E-state index in [2.05, 4.69) is 5.10 Å². The van der Waals surface area contributed by atoms with Gasteiger partial charge in [-0.05, 0) is 13.8 Å². The average Bonchev–Trinajstić information content (AvgIpc) is 2.54. The largest absolute Gasteiger partial charge is 0.379 e. The summed E-state index contributed by atoms with van der Waals surface area (Å²) in [5.74, 6) is 0. The van der Waals surface area contributed by atoms with Gasteiger partial charge in [-0.1, -0.05) is 0 Å². The summed E-state index contributed by atoms with van der Waals surface area (Å²) in [6.07, 6.45) is 0. The Kier molecular flexibility index (Phi) is 3.24. The molecule has 1 aliphatic heterocycles. The highest BCUT2D eigenvalue weighted by Crippen LogP contribution is 2.23. The summed E-state index contributed by atoms with van der Waals surface area (Å²) in [5, 5.41) is 4.15. The van der Waals surface area contributed by atoms with E-state index in [9.17, 15) is 8.42 Å². The Morgan fingerprint density at radius 3 is 2.29 bits per heavy atom. The van der Waals surface area contributed by atoms with Crippen molar-refractivity contribution in [2.75, 3.05) is 26.3 Å². The van der Waals surface area contributed by atoms with E-state index in [-0.39, 0.29) is 0 Å². The van der Waals surface area contributed by atoms with Crippen LogP contribution in [0.1, 0.15) is 11.4 Å². The first-order chi connectivity index (χ1) is 7.94. The van der Waals surface area contributed by atoms with E-state index in [1.807, 2.05) is 0 Å². The Hall–Kier alpha value is -0.920. The summed E-state index contributed by atoms with van der Waals surface area (Å²) in [6, 6.07) is 0. The molecule has 1 aromatic heterocycles. The minimum Gasteiger partial charge on any atom is -0.379 e. The number of morpholine rings is 1. The minimum atomic E-state index is -3.43. The van der Waals surface area contributed by atoms with Crippen molar-refractivity contribution in [2.24, 2.45) is 7.05 Å². The molecule has 0 amide bonds. The zero-order chi connectivity index (χ0) is 12.6. The lowest BCUT2D eigenvalue weighted by molar-refractivity contribution is 0.0730. The zero-order valence-corrected chi connectivity index (χ0v) is 11.1. The normalized spacial score (nSPS) is 18.5.